The molecule has 1 aromatic rings. The van der Waals surface area contributed by atoms with E-state index in [0.717, 1.165) is 10.5 Å². The summed E-state index contributed by atoms with van der Waals surface area (Å²) >= 11 is 1.57. The molecule has 3 nitrogen and oxygen atoms in total. The summed E-state index contributed by atoms with van der Waals surface area (Å²) in [5.74, 6) is 0.552. The van der Waals surface area contributed by atoms with Gasteiger partial charge >= 0.3 is 0 Å². The van der Waals surface area contributed by atoms with E-state index in [0.29, 0.717) is 11.5 Å². The van der Waals surface area contributed by atoms with Crippen LogP contribution in [0.5, 0.6) is 0 Å². The van der Waals surface area contributed by atoms with Crippen LogP contribution < -0.4 is 0 Å². The van der Waals surface area contributed by atoms with Gasteiger partial charge in [0, 0.05) is 16.2 Å². The topological polar surface area (TPSA) is 52.8 Å². The lowest BCUT2D eigenvalue weighted by Gasteiger charge is -2.20. The molecule has 1 atom stereocenters. The Morgan fingerprint density at radius 1 is 1.38 bits per heavy atom. The number of rotatable bonds is 0. The second kappa shape index (κ2) is 3.40. The van der Waals surface area contributed by atoms with Crippen molar-refractivity contribution in [1.82, 2.24) is 0 Å². The van der Waals surface area contributed by atoms with Gasteiger partial charge in [0.15, 0.2) is 0 Å². The third-order valence-corrected chi connectivity index (χ3v) is 3.13. The van der Waals surface area contributed by atoms with Crippen molar-refractivity contribution in [3.63, 3.8) is 0 Å². The second-order valence-corrected chi connectivity index (χ2v) is 3.87. The standard InChI is InChI=1S/C9H9NO2S/c11-7-5-13-8-4-2-1-3-6(8)9(7)10-12/h1-4,7,11-12H,5H2. The van der Waals surface area contributed by atoms with Gasteiger partial charge < -0.3 is 10.3 Å². The van der Waals surface area contributed by atoms with Crippen LogP contribution in [0, 0.1) is 0 Å². The number of benzene rings is 1. The van der Waals surface area contributed by atoms with Crippen molar-refractivity contribution in [2.24, 2.45) is 5.16 Å². The third-order valence-electron chi connectivity index (χ3n) is 1.98. The molecule has 0 aromatic heterocycles. The monoisotopic (exact) mass is 195 g/mol. The lowest BCUT2D eigenvalue weighted by Crippen LogP contribution is -2.28. The summed E-state index contributed by atoms with van der Waals surface area (Å²) in [5, 5.41) is 21.4. The van der Waals surface area contributed by atoms with Gasteiger partial charge in [-0.3, -0.25) is 0 Å². The molecule has 0 fully saturated rings. The number of oxime groups is 1. The fourth-order valence-corrected chi connectivity index (χ4v) is 2.35. The average Bonchev–Trinajstić information content (AvgIpc) is 2.18. The highest BCUT2D eigenvalue weighted by atomic mass is 32.2. The lowest BCUT2D eigenvalue weighted by atomic mass is 10.1. The summed E-state index contributed by atoms with van der Waals surface area (Å²) in [6.07, 6.45) is -0.662. The van der Waals surface area contributed by atoms with E-state index in [2.05, 4.69) is 5.16 Å². The highest BCUT2D eigenvalue weighted by molar-refractivity contribution is 7.99. The van der Waals surface area contributed by atoms with Crippen molar-refractivity contribution in [3.05, 3.63) is 29.8 Å². The molecule has 1 heterocycles. The molecule has 68 valence electrons. The van der Waals surface area contributed by atoms with E-state index in [1.807, 2.05) is 24.3 Å². The molecular formula is C9H9NO2S. The van der Waals surface area contributed by atoms with Crippen molar-refractivity contribution in [2.45, 2.75) is 11.0 Å². The van der Waals surface area contributed by atoms with Gasteiger partial charge in [0.25, 0.3) is 0 Å². The molecular weight excluding hydrogens is 186 g/mol. The van der Waals surface area contributed by atoms with Crippen LogP contribution in [0.25, 0.3) is 0 Å². The van der Waals surface area contributed by atoms with E-state index in [-0.39, 0.29) is 0 Å². The molecule has 0 aliphatic carbocycles. The van der Waals surface area contributed by atoms with E-state index in [4.69, 9.17) is 5.21 Å². The molecule has 0 saturated heterocycles. The molecule has 1 aromatic carbocycles. The largest absolute Gasteiger partial charge is 0.411 e. The first-order chi connectivity index (χ1) is 6.33. The molecule has 0 bridgehead atoms. The van der Waals surface area contributed by atoms with Gasteiger partial charge in [0.2, 0.25) is 0 Å². The third kappa shape index (κ3) is 1.43. The Bertz CT molecular complexity index is 351. The van der Waals surface area contributed by atoms with Gasteiger partial charge in [-0.15, -0.1) is 11.8 Å². The first-order valence-corrected chi connectivity index (χ1v) is 4.93. The quantitative estimate of drug-likeness (QED) is 0.485. The minimum absolute atomic E-state index is 0.370. The van der Waals surface area contributed by atoms with Gasteiger partial charge in [-0.05, 0) is 6.07 Å². The zero-order valence-corrected chi connectivity index (χ0v) is 7.66. The molecule has 1 unspecified atom stereocenters. The molecule has 0 saturated carbocycles. The SMILES string of the molecule is ON=C1c2ccccc2SCC1O. The van der Waals surface area contributed by atoms with E-state index in [9.17, 15) is 5.11 Å². The smallest absolute Gasteiger partial charge is 0.117 e. The predicted molar refractivity (Wildman–Crippen MR) is 51.5 cm³/mol. The van der Waals surface area contributed by atoms with E-state index in [1.54, 1.807) is 11.8 Å². The normalized spacial score (nSPS) is 24.4. The number of hydrogen-bond donors (Lipinski definition) is 2. The number of fused-ring (bicyclic) bond motifs is 1. The fourth-order valence-electron chi connectivity index (χ4n) is 1.35. The van der Waals surface area contributed by atoms with Crippen molar-refractivity contribution in [3.8, 4) is 0 Å². The summed E-state index contributed by atoms with van der Waals surface area (Å²) < 4.78 is 0. The van der Waals surface area contributed by atoms with Crippen molar-refractivity contribution in [1.29, 1.82) is 0 Å². The molecule has 2 rings (SSSR count). The molecule has 4 heteroatoms. The van der Waals surface area contributed by atoms with Crippen LogP contribution in [-0.4, -0.2) is 27.9 Å². The predicted octanol–water partition coefficient (Wildman–Crippen LogP) is 1.33. The Morgan fingerprint density at radius 2 is 2.15 bits per heavy atom. The Morgan fingerprint density at radius 3 is 2.92 bits per heavy atom. The van der Waals surface area contributed by atoms with Crippen molar-refractivity contribution in [2.75, 3.05) is 5.75 Å². The van der Waals surface area contributed by atoms with E-state index < -0.39 is 6.10 Å². The van der Waals surface area contributed by atoms with Crippen LogP contribution in [0.4, 0.5) is 0 Å². The first kappa shape index (κ1) is 8.59. The number of hydrogen-bond acceptors (Lipinski definition) is 4. The summed E-state index contributed by atoms with van der Waals surface area (Å²) in [4.78, 5) is 1.06. The maximum Gasteiger partial charge on any atom is 0.117 e. The summed E-state index contributed by atoms with van der Waals surface area (Å²) in [6, 6.07) is 7.60. The highest BCUT2D eigenvalue weighted by Gasteiger charge is 2.23. The maximum absolute atomic E-state index is 9.50. The Balaban J connectivity index is 2.52. The maximum atomic E-state index is 9.50. The zero-order chi connectivity index (χ0) is 9.26. The molecule has 0 amide bonds. The molecule has 0 spiro atoms. The minimum Gasteiger partial charge on any atom is -0.411 e. The highest BCUT2D eigenvalue weighted by Crippen LogP contribution is 2.29. The number of aliphatic hydroxyl groups excluding tert-OH is 1. The Labute approximate surface area is 80.1 Å². The van der Waals surface area contributed by atoms with Crippen LogP contribution in [0.15, 0.2) is 34.3 Å². The molecule has 1 aliphatic rings. The van der Waals surface area contributed by atoms with Crippen LogP contribution >= 0.6 is 11.8 Å². The van der Waals surface area contributed by atoms with Crippen molar-refractivity contribution >= 4 is 17.5 Å². The number of aliphatic hydroxyl groups is 1. The number of nitrogens with zero attached hydrogens (tertiary/aromatic N) is 1. The number of thioether (sulfide) groups is 1. The van der Waals surface area contributed by atoms with Gasteiger partial charge in [-0.25, -0.2) is 0 Å². The Kier molecular flexibility index (Phi) is 2.24. The average molecular weight is 195 g/mol. The van der Waals surface area contributed by atoms with Crippen molar-refractivity contribution < 1.29 is 10.3 Å². The van der Waals surface area contributed by atoms with E-state index in [1.165, 1.54) is 0 Å². The fraction of sp³-hybridized carbons (Fsp3) is 0.222. The van der Waals surface area contributed by atoms with Crippen LogP contribution in [-0.2, 0) is 0 Å². The van der Waals surface area contributed by atoms with E-state index >= 15 is 0 Å². The molecule has 0 radical (unpaired) electrons. The van der Waals surface area contributed by atoms with Crippen LogP contribution in [0.3, 0.4) is 0 Å². The summed E-state index contributed by atoms with van der Waals surface area (Å²) in [5.41, 5.74) is 1.20. The van der Waals surface area contributed by atoms with Gasteiger partial charge in [0.1, 0.15) is 11.8 Å². The molecule has 1 aliphatic heterocycles. The van der Waals surface area contributed by atoms with Crippen LogP contribution in [0.2, 0.25) is 0 Å². The second-order valence-electron chi connectivity index (χ2n) is 2.81. The van der Waals surface area contributed by atoms with Crippen LogP contribution in [0.1, 0.15) is 5.56 Å². The summed E-state index contributed by atoms with van der Waals surface area (Å²) in [6.45, 7) is 0. The van der Waals surface area contributed by atoms with Gasteiger partial charge in [0.05, 0.1) is 0 Å². The van der Waals surface area contributed by atoms with Gasteiger partial charge in [-0.2, -0.15) is 0 Å². The minimum atomic E-state index is -0.662. The summed E-state index contributed by atoms with van der Waals surface area (Å²) in [7, 11) is 0. The molecule has 13 heavy (non-hydrogen) atoms. The zero-order valence-electron chi connectivity index (χ0n) is 6.84. The lowest BCUT2D eigenvalue weighted by molar-refractivity contribution is 0.251. The molecule has 2 N–H and O–H groups in total. The Hall–Kier alpha value is -1.00. The first-order valence-electron chi connectivity index (χ1n) is 3.95. The van der Waals surface area contributed by atoms with Gasteiger partial charge in [-0.1, -0.05) is 23.4 Å².